The van der Waals surface area contributed by atoms with Gasteiger partial charge in [0.15, 0.2) is 0 Å². The summed E-state index contributed by atoms with van der Waals surface area (Å²) in [5.41, 5.74) is 1.09. The Hall–Kier alpha value is 0.310. The fourth-order valence-corrected chi connectivity index (χ4v) is 6.67. The first kappa shape index (κ1) is 14.3. The average molecular weight is 282 g/mol. The van der Waals surface area contributed by atoms with E-state index in [9.17, 15) is 0 Å². The van der Waals surface area contributed by atoms with Crippen LogP contribution in [0.25, 0.3) is 0 Å². The molecule has 3 saturated carbocycles. The lowest BCUT2D eigenvalue weighted by Crippen LogP contribution is -2.55. The third-order valence-electron chi connectivity index (χ3n) is 6.48. The summed E-state index contributed by atoms with van der Waals surface area (Å²) >= 11 is 2.19. The highest BCUT2D eigenvalue weighted by Gasteiger charge is 2.59. The number of rotatable bonds is 4. The third kappa shape index (κ3) is 2.27. The quantitative estimate of drug-likeness (QED) is 0.816. The Morgan fingerprint density at radius 1 is 1.16 bits per heavy atom. The van der Waals surface area contributed by atoms with Crippen LogP contribution in [0.2, 0.25) is 0 Å². The van der Waals surface area contributed by atoms with Gasteiger partial charge in [-0.2, -0.15) is 11.8 Å². The molecule has 0 heterocycles. The van der Waals surface area contributed by atoms with Gasteiger partial charge < -0.3 is 5.32 Å². The number of nitrogens with one attached hydrogen (secondary N) is 1. The van der Waals surface area contributed by atoms with Gasteiger partial charge in [-0.05, 0) is 54.6 Å². The average Bonchev–Trinajstić information content (AvgIpc) is 2.97. The van der Waals surface area contributed by atoms with Gasteiger partial charge in [0.25, 0.3) is 0 Å². The molecule has 110 valence electrons. The molecule has 0 aromatic carbocycles. The predicted octanol–water partition coefficient (Wildman–Crippen LogP) is 4.47. The van der Waals surface area contributed by atoms with Crippen molar-refractivity contribution >= 4 is 11.8 Å². The molecule has 3 fully saturated rings. The van der Waals surface area contributed by atoms with E-state index in [2.05, 4.69) is 44.8 Å². The van der Waals surface area contributed by atoms with Crippen molar-refractivity contribution in [1.82, 2.24) is 5.32 Å². The molecule has 3 aliphatic rings. The van der Waals surface area contributed by atoms with Crippen LogP contribution >= 0.6 is 11.8 Å². The molecular formula is C17H31NS. The van der Waals surface area contributed by atoms with Crippen LogP contribution in [0.5, 0.6) is 0 Å². The van der Waals surface area contributed by atoms with Crippen molar-refractivity contribution < 1.29 is 0 Å². The van der Waals surface area contributed by atoms with Crippen molar-refractivity contribution in [2.45, 2.75) is 83.6 Å². The summed E-state index contributed by atoms with van der Waals surface area (Å²) in [5.74, 6) is 2.24. The van der Waals surface area contributed by atoms with E-state index >= 15 is 0 Å². The molecule has 0 aliphatic heterocycles. The van der Waals surface area contributed by atoms with Crippen LogP contribution in [-0.4, -0.2) is 23.1 Å². The number of thioether (sulfide) groups is 1. The molecule has 1 nitrogen and oxygen atoms in total. The molecule has 19 heavy (non-hydrogen) atoms. The Morgan fingerprint density at radius 2 is 1.95 bits per heavy atom. The highest BCUT2D eigenvalue weighted by molar-refractivity contribution is 7.99. The van der Waals surface area contributed by atoms with E-state index in [-0.39, 0.29) is 0 Å². The molecule has 3 rings (SSSR count). The maximum absolute atomic E-state index is 4.15. The lowest BCUT2D eigenvalue weighted by molar-refractivity contribution is 0.0994. The van der Waals surface area contributed by atoms with Crippen molar-refractivity contribution in [3.63, 3.8) is 0 Å². The monoisotopic (exact) mass is 281 g/mol. The standard InChI is InChI=1S/C17H31NS/c1-5-19-14-8-6-7-13(14)18-15-16(2,3)12-9-10-17(15,4)11-12/h12-15,18H,5-11H2,1-4H3/t12-,13?,14?,15?,17+/m0/s1. The molecule has 1 N–H and O–H groups in total. The second-order valence-electron chi connectivity index (χ2n) is 8.05. The van der Waals surface area contributed by atoms with E-state index in [4.69, 9.17) is 0 Å². The van der Waals surface area contributed by atoms with Crippen molar-refractivity contribution in [2.24, 2.45) is 16.7 Å². The Kier molecular flexibility index (Phi) is 3.71. The molecule has 0 radical (unpaired) electrons. The van der Waals surface area contributed by atoms with Gasteiger partial charge in [0.1, 0.15) is 0 Å². The van der Waals surface area contributed by atoms with Gasteiger partial charge in [-0.1, -0.05) is 34.1 Å². The molecule has 0 saturated heterocycles. The highest BCUT2D eigenvalue weighted by Crippen LogP contribution is 2.62. The summed E-state index contributed by atoms with van der Waals surface area (Å²) in [5, 5.41) is 5.03. The van der Waals surface area contributed by atoms with Gasteiger partial charge in [0.2, 0.25) is 0 Å². The minimum Gasteiger partial charge on any atom is -0.309 e. The summed E-state index contributed by atoms with van der Waals surface area (Å²) in [6.07, 6.45) is 8.67. The van der Waals surface area contributed by atoms with E-state index in [0.29, 0.717) is 10.8 Å². The van der Waals surface area contributed by atoms with Crippen LogP contribution in [0.3, 0.4) is 0 Å². The summed E-state index contributed by atoms with van der Waals surface area (Å²) in [7, 11) is 0. The summed E-state index contributed by atoms with van der Waals surface area (Å²) in [6, 6.07) is 1.53. The van der Waals surface area contributed by atoms with Gasteiger partial charge in [0, 0.05) is 17.3 Å². The van der Waals surface area contributed by atoms with Crippen LogP contribution in [0.4, 0.5) is 0 Å². The van der Waals surface area contributed by atoms with E-state index in [1.807, 2.05) is 0 Å². The van der Waals surface area contributed by atoms with Gasteiger partial charge >= 0.3 is 0 Å². The van der Waals surface area contributed by atoms with Gasteiger partial charge in [-0.3, -0.25) is 0 Å². The van der Waals surface area contributed by atoms with Crippen molar-refractivity contribution in [2.75, 3.05) is 5.75 Å². The summed E-state index contributed by atoms with van der Waals surface area (Å²) in [4.78, 5) is 0. The van der Waals surface area contributed by atoms with E-state index in [1.54, 1.807) is 0 Å². The Bertz CT molecular complexity index is 335. The number of fused-ring (bicyclic) bond motifs is 2. The Balaban J connectivity index is 1.72. The third-order valence-corrected chi connectivity index (χ3v) is 7.81. The molecule has 0 spiro atoms. The molecule has 2 heteroatoms. The van der Waals surface area contributed by atoms with Gasteiger partial charge in [-0.25, -0.2) is 0 Å². The first-order chi connectivity index (χ1) is 8.97. The number of hydrogen-bond acceptors (Lipinski definition) is 2. The molecular weight excluding hydrogens is 250 g/mol. The van der Waals surface area contributed by atoms with E-state index in [0.717, 1.165) is 23.3 Å². The molecule has 3 aliphatic carbocycles. The van der Waals surface area contributed by atoms with Crippen LogP contribution in [0.1, 0.15) is 66.2 Å². The van der Waals surface area contributed by atoms with Gasteiger partial charge in [-0.15, -0.1) is 0 Å². The maximum Gasteiger partial charge on any atom is 0.0201 e. The lowest BCUT2D eigenvalue weighted by atomic mass is 9.68. The molecule has 0 aromatic rings. The summed E-state index contributed by atoms with van der Waals surface area (Å²) < 4.78 is 0. The number of hydrogen-bond donors (Lipinski definition) is 1. The first-order valence-electron chi connectivity index (χ1n) is 8.35. The first-order valence-corrected chi connectivity index (χ1v) is 9.40. The van der Waals surface area contributed by atoms with E-state index in [1.165, 1.54) is 44.3 Å². The Labute approximate surface area is 123 Å². The Morgan fingerprint density at radius 3 is 2.58 bits per heavy atom. The largest absolute Gasteiger partial charge is 0.309 e. The molecule has 0 amide bonds. The SMILES string of the molecule is CCSC1CCCC1NC1C(C)(C)[C@H]2CC[C@]1(C)C2. The second kappa shape index (κ2) is 4.94. The molecule has 0 aromatic heterocycles. The minimum absolute atomic E-state index is 0.511. The fraction of sp³-hybridized carbons (Fsp3) is 1.00. The van der Waals surface area contributed by atoms with Crippen LogP contribution < -0.4 is 5.32 Å². The zero-order valence-corrected chi connectivity index (χ0v) is 14.0. The predicted molar refractivity (Wildman–Crippen MR) is 85.7 cm³/mol. The van der Waals surface area contributed by atoms with Crippen LogP contribution in [-0.2, 0) is 0 Å². The second-order valence-corrected chi connectivity index (χ2v) is 9.56. The zero-order chi connectivity index (χ0) is 13.7. The lowest BCUT2D eigenvalue weighted by Gasteiger charge is -2.45. The topological polar surface area (TPSA) is 12.0 Å². The zero-order valence-electron chi connectivity index (χ0n) is 13.2. The normalized spacial score (nSPS) is 48.0. The van der Waals surface area contributed by atoms with Gasteiger partial charge in [0.05, 0.1) is 0 Å². The van der Waals surface area contributed by atoms with E-state index < -0.39 is 0 Å². The molecule has 2 bridgehead atoms. The molecule has 3 unspecified atom stereocenters. The van der Waals surface area contributed by atoms with Crippen molar-refractivity contribution in [1.29, 1.82) is 0 Å². The highest BCUT2D eigenvalue weighted by atomic mass is 32.2. The van der Waals surface area contributed by atoms with Crippen LogP contribution in [0, 0.1) is 16.7 Å². The molecule has 5 atom stereocenters. The maximum atomic E-state index is 4.15. The van der Waals surface area contributed by atoms with Crippen LogP contribution in [0.15, 0.2) is 0 Å². The summed E-state index contributed by atoms with van der Waals surface area (Å²) in [6.45, 7) is 9.91. The smallest absolute Gasteiger partial charge is 0.0201 e. The minimum atomic E-state index is 0.511. The van der Waals surface area contributed by atoms with Crippen molar-refractivity contribution in [3.8, 4) is 0 Å². The van der Waals surface area contributed by atoms with Crippen molar-refractivity contribution in [3.05, 3.63) is 0 Å². The fourth-order valence-electron chi connectivity index (χ4n) is 5.46.